The maximum Gasteiger partial charge on any atom is 0.355 e. The fraction of sp³-hybridized carbons (Fsp3) is 0.410. The van der Waals surface area contributed by atoms with E-state index in [0.29, 0.717) is 47.0 Å². The number of carbonyl (C=O) groups is 2. The Morgan fingerprint density at radius 2 is 1.84 bits per heavy atom. The Balaban J connectivity index is 0.947. The lowest BCUT2D eigenvalue weighted by atomic mass is 9.44. The van der Waals surface area contributed by atoms with Crippen molar-refractivity contribution in [2.24, 2.45) is 22.7 Å². The lowest BCUT2D eigenvalue weighted by molar-refractivity contribution is -0.140. The summed E-state index contributed by atoms with van der Waals surface area (Å²) < 4.78 is 8.77. The fourth-order valence-corrected chi connectivity index (χ4v) is 11.2. The molecule has 4 bridgehead atoms. The summed E-state index contributed by atoms with van der Waals surface area (Å²) in [7, 11) is 1.83. The van der Waals surface area contributed by atoms with Gasteiger partial charge in [-0.05, 0) is 109 Å². The van der Waals surface area contributed by atoms with Crippen LogP contribution in [0, 0.1) is 22.7 Å². The number of aromatic carboxylic acids is 1. The van der Waals surface area contributed by atoms with Gasteiger partial charge in [-0.3, -0.25) is 14.8 Å². The fourth-order valence-electron chi connectivity index (χ4n) is 10.3. The summed E-state index contributed by atoms with van der Waals surface area (Å²) in [6.45, 7) is 2.79. The van der Waals surface area contributed by atoms with Crippen molar-refractivity contribution in [1.82, 2.24) is 19.7 Å². The van der Waals surface area contributed by atoms with Crippen LogP contribution in [0.3, 0.4) is 0 Å². The highest BCUT2D eigenvalue weighted by atomic mass is 32.1. The summed E-state index contributed by atoms with van der Waals surface area (Å²) in [6, 6.07) is 17.4. The number of pyridine rings is 1. The van der Waals surface area contributed by atoms with Crippen LogP contribution in [0.1, 0.15) is 70.5 Å². The molecule has 256 valence electrons. The first-order chi connectivity index (χ1) is 24.3. The van der Waals surface area contributed by atoms with Crippen molar-refractivity contribution in [1.29, 1.82) is 0 Å². The molecule has 5 aromatic rings. The number of thiazole rings is 1. The van der Waals surface area contributed by atoms with Gasteiger partial charge in [0.05, 0.1) is 23.0 Å². The van der Waals surface area contributed by atoms with Crippen molar-refractivity contribution in [2.75, 3.05) is 30.5 Å². The van der Waals surface area contributed by atoms with E-state index in [-0.39, 0.29) is 17.0 Å². The number of anilines is 2. The molecule has 0 saturated heterocycles. The van der Waals surface area contributed by atoms with Crippen molar-refractivity contribution in [2.45, 2.75) is 58.0 Å². The van der Waals surface area contributed by atoms with Crippen LogP contribution < -0.4 is 10.2 Å². The van der Waals surface area contributed by atoms with Crippen molar-refractivity contribution in [3.63, 3.8) is 0 Å². The lowest BCUT2D eigenvalue weighted by Crippen LogP contribution is -2.54. The number of nitrogens with one attached hydrogen (secondary N) is 1. The van der Waals surface area contributed by atoms with E-state index in [0.717, 1.165) is 51.9 Å². The minimum absolute atomic E-state index is 0.00330. The van der Waals surface area contributed by atoms with Crippen molar-refractivity contribution in [3.8, 4) is 11.1 Å². The number of rotatable bonds is 9. The van der Waals surface area contributed by atoms with E-state index < -0.39 is 5.97 Å². The van der Waals surface area contributed by atoms with Crippen LogP contribution >= 0.6 is 11.3 Å². The average Bonchev–Trinajstić information content (AvgIpc) is 3.73. The first-order valence-corrected chi connectivity index (χ1v) is 18.4. The van der Waals surface area contributed by atoms with E-state index in [1.807, 2.05) is 66.5 Å². The molecule has 5 aliphatic rings. The molecule has 10 rings (SSSR count). The first-order valence-electron chi connectivity index (χ1n) is 17.6. The molecule has 50 heavy (non-hydrogen) atoms. The molecule has 2 aromatic carbocycles. The molecule has 4 fully saturated rings. The zero-order chi connectivity index (χ0) is 34.0. The number of benzene rings is 2. The number of carboxylic acid groups (broad SMARTS) is 1. The van der Waals surface area contributed by atoms with E-state index >= 15 is 0 Å². The summed E-state index contributed by atoms with van der Waals surface area (Å²) in [6.07, 6.45) is 12.1. The Hall–Kier alpha value is -4.61. The summed E-state index contributed by atoms with van der Waals surface area (Å²) >= 11 is 1.45. The van der Waals surface area contributed by atoms with Crippen LogP contribution in [0.15, 0.2) is 67.0 Å². The second-order valence-electron chi connectivity index (χ2n) is 15.2. The molecule has 2 unspecified atom stereocenters. The highest BCUT2D eigenvalue weighted by Gasteiger charge is 2.57. The van der Waals surface area contributed by atoms with Crippen LogP contribution in [0.2, 0.25) is 0 Å². The van der Waals surface area contributed by atoms with Crippen LogP contribution in [0.5, 0.6) is 0 Å². The van der Waals surface area contributed by atoms with Crippen LogP contribution in [-0.4, -0.2) is 57.0 Å². The van der Waals surface area contributed by atoms with Gasteiger partial charge in [0.25, 0.3) is 5.91 Å². The molecule has 2 atom stereocenters. The summed E-state index contributed by atoms with van der Waals surface area (Å²) in [5, 5.41) is 18.6. The molecule has 3 aromatic heterocycles. The molecular formula is C39H40N6O4S. The second kappa shape index (κ2) is 12.0. The molecule has 1 amide bonds. The zero-order valence-corrected chi connectivity index (χ0v) is 28.9. The van der Waals surface area contributed by atoms with Crippen molar-refractivity contribution in [3.05, 3.63) is 89.4 Å². The predicted molar refractivity (Wildman–Crippen MR) is 193 cm³/mol. The lowest BCUT2D eigenvalue weighted by Gasteiger charge is -2.62. The third kappa shape index (κ3) is 5.56. The summed E-state index contributed by atoms with van der Waals surface area (Å²) in [5.41, 5.74) is 5.29. The molecule has 1 aliphatic heterocycles. The normalized spacial score (nSPS) is 25.2. The third-order valence-corrected chi connectivity index (χ3v) is 12.6. The SMILES string of the molecule is COCC12CC3CC(C1)CC(Cn1cc(-c4ccc(N5CCc6cccc(C(=O)Nc7nc8ccccc8s7)c6C5)nc4C(=O)O)cn1)(C3)C2. The van der Waals surface area contributed by atoms with Gasteiger partial charge in [-0.25, -0.2) is 14.8 Å². The topological polar surface area (TPSA) is 122 Å². The third-order valence-electron chi connectivity index (χ3n) is 11.6. The molecule has 10 nitrogen and oxygen atoms in total. The zero-order valence-electron chi connectivity index (χ0n) is 28.1. The van der Waals surface area contributed by atoms with Gasteiger partial charge in [-0.15, -0.1) is 0 Å². The smallest absolute Gasteiger partial charge is 0.355 e. The predicted octanol–water partition coefficient (Wildman–Crippen LogP) is 7.30. The highest BCUT2D eigenvalue weighted by molar-refractivity contribution is 7.22. The van der Waals surface area contributed by atoms with Gasteiger partial charge in [0, 0.05) is 49.6 Å². The van der Waals surface area contributed by atoms with E-state index in [9.17, 15) is 14.7 Å². The average molecular weight is 689 g/mol. The number of carboxylic acids is 1. The van der Waals surface area contributed by atoms with E-state index in [2.05, 4.69) is 21.3 Å². The molecule has 2 N–H and O–H groups in total. The van der Waals surface area contributed by atoms with Gasteiger partial charge in [-0.2, -0.15) is 5.10 Å². The molecule has 4 saturated carbocycles. The Bertz CT molecular complexity index is 2090. The molecule has 11 heteroatoms. The van der Waals surface area contributed by atoms with Gasteiger partial charge >= 0.3 is 5.97 Å². The highest BCUT2D eigenvalue weighted by Crippen LogP contribution is 2.65. The van der Waals surface area contributed by atoms with Gasteiger partial charge in [-0.1, -0.05) is 35.6 Å². The van der Waals surface area contributed by atoms with Gasteiger partial charge in [0.15, 0.2) is 10.8 Å². The number of hydrogen-bond acceptors (Lipinski definition) is 8. The molecule has 0 spiro atoms. The molecular weight excluding hydrogens is 649 g/mol. The molecule has 4 aliphatic carbocycles. The maximum atomic E-state index is 13.5. The number of fused-ring (bicyclic) bond motifs is 2. The number of para-hydroxylation sites is 1. The number of ether oxygens (including phenoxy) is 1. The largest absolute Gasteiger partial charge is 0.476 e. The van der Waals surface area contributed by atoms with Gasteiger partial charge in [0.2, 0.25) is 0 Å². The maximum absolute atomic E-state index is 13.5. The van der Waals surface area contributed by atoms with E-state index in [1.165, 1.54) is 49.9 Å². The number of amides is 1. The minimum atomic E-state index is -1.08. The number of hydrogen-bond donors (Lipinski definition) is 2. The standard InChI is InChI=1S/C39H40N6O4S/c1-49-23-39-16-24-13-25(17-39)15-38(14-24,21-39)22-45-19-27(18-40-45)28-9-10-33(42-34(28)36(47)48)44-12-11-26-5-4-6-29(30(26)20-44)35(46)43-37-41-31-7-2-3-8-32(31)50-37/h2-10,18-19,24-25H,11-17,20-23H2,1H3,(H,47,48)(H,41,43,46). The number of methoxy groups -OCH3 is 1. The number of carbonyl (C=O) groups excluding carboxylic acids is 1. The Labute approximate surface area is 294 Å². The Morgan fingerprint density at radius 3 is 2.64 bits per heavy atom. The first kappa shape index (κ1) is 31.4. The Morgan fingerprint density at radius 1 is 1.02 bits per heavy atom. The van der Waals surface area contributed by atoms with Crippen LogP contribution in [0.4, 0.5) is 10.9 Å². The quantitative estimate of drug-likeness (QED) is 0.166. The Kier molecular flexibility index (Phi) is 7.54. The number of aromatic nitrogens is 4. The van der Waals surface area contributed by atoms with Gasteiger partial charge < -0.3 is 14.7 Å². The number of nitrogens with zero attached hydrogens (tertiary/aromatic N) is 5. The van der Waals surface area contributed by atoms with Crippen LogP contribution in [0.25, 0.3) is 21.3 Å². The van der Waals surface area contributed by atoms with Gasteiger partial charge in [0.1, 0.15) is 5.82 Å². The van der Waals surface area contributed by atoms with Crippen LogP contribution in [-0.2, 0) is 24.2 Å². The van der Waals surface area contributed by atoms with Crippen molar-refractivity contribution < 1.29 is 19.4 Å². The second-order valence-corrected chi connectivity index (χ2v) is 16.3. The molecule has 4 heterocycles. The molecule has 0 radical (unpaired) electrons. The van der Waals surface area contributed by atoms with Crippen molar-refractivity contribution >= 4 is 44.4 Å². The van der Waals surface area contributed by atoms with E-state index in [1.54, 1.807) is 6.20 Å². The summed E-state index contributed by atoms with van der Waals surface area (Å²) in [4.78, 5) is 37.5. The monoisotopic (exact) mass is 688 g/mol. The summed E-state index contributed by atoms with van der Waals surface area (Å²) in [5.74, 6) is 0.815. The minimum Gasteiger partial charge on any atom is -0.476 e. The van der Waals surface area contributed by atoms with E-state index in [4.69, 9.17) is 14.8 Å².